The smallest absolute Gasteiger partial charge is 0.191 e. The van der Waals surface area contributed by atoms with E-state index in [0.29, 0.717) is 23.3 Å². The first kappa shape index (κ1) is 7.21. The Balaban J connectivity index is 2.23. The minimum Gasteiger partial charge on any atom is -0.459 e. The van der Waals surface area contributed by atoms with E-state index in [9.17, 15) is 0 Å². The third-order valence-electron chi connectivity index (χ3n) is 1.80. The molecule has 1 heterocycles. The predicted molar refractivity (Wildman–Crippen MR) is 46.9 cm³/mol. The number of rotatable bonds is 2. The van der Waals surface area contributed by atoms with Crippen molar-refractivity contribution in [3.8, 4) is 0 Å². The summed E-state index contributed by atoms with van der Waals surface area (Å²) in [4.78, 5) is 4.21. The first-order valence-corrected chi connectivity index (χ1v) is 3.94. The Bertz CT molecular complexity index is 312. The zero-order chi connectivity index (χ0) is 8.55. The molecule has 1 aromatic heterocycles. The monoisotopic (exact) mass is 165 g/mol. The van der Waals surface area contributed by atoms with Gasteiger partial charge < -0.3 is 15.9 Å². The lowest BCUT2D eigenvalue weighted by Gasteiger charge is -1.96. The van der Waals surface area contributed by atoms with Gasteiger partial charge in [-0.1, -0.05) is 0 Å². The predicted octanol–water partition coefficient (Wildman–Crippen LogP) is 0.729. The molecule has 0 unspecified atom stereocenters. The van der Waals surface area contributed by atoms with E-state index in [0.717, 1.165) is 12.8 Å². The summed E-state index contributed by atoms with van der Waals surface area (Å²) in [5.41, 5.74) is 11.8. The van der Waals surface area contributed by atoms with Gasteiger partial charge in [0.05, 0.1) is 18.0 Å². The summed E-state index contributed by atoms with van der Waals surface area (Å²) in [7, 11) is 0. The molecule has 0 saturated heterocycles. The fourth-order valence-corrected chi connectivity index (χ4v) is 0.986. The molecular formula is C8H11N3O. The molecule has 0 radical (unpaired) electrons. The van der Waals surface area contributed by atoms with Gasteiger partial charge >= 0.3 is 0 Å². The Labute approximate surface area is 70.3 Å². The van der Waals surface area contributed by atoms with E-state index in [1.165, 1.54) is 6.26 Å². The topological polar surface area (TPSA) is 77.5 Å². The van der Waals surface area contributed by atoms with E-state index in [-0.39, 0.29) is 0 Å². The lowest BCUT2D eigenvalue weighted by atomic mass is 10.3. The van der Waals surface area contributed by atoms with Gasteiger partial charge in [-0.25, -0.2) is 0 Å². The minimum atomic E-state index is 0.398. The summed E-state index contributed by atoms with van der Waals surface area (Å²) < 4.78 is 5.07. The molecule has 1 fully saturated rings. The van der Waals surface area contributed by atoms with E-state index in [1.54, 1.807) is 6.07 Å². The fourth-order valence-electron chi connectivity index (χ4n) is 0.986. The number of amidine groups is 1. The number of hydrogen-bond donors (Lipinski definition) is 2. The van der Waals surface area contributed by atoms with Gasteiger partial charge in [0.2, 0.25) is 0 Å². The molecular weight excluding hydrogens is 154 g/mol. The van der Waals surface area contributed by atoms with Crippen molar-refractivity contribution in [3.05, 3.63) is 18.1 Å². The standard InChI is InChI=1S/C8H11N3O/c9-6-3-4-12-7(6)8(10)11-5-1-2-5/h3-5H,1-2,9H2,(H2,10,11). The second-order valence-electron chi connectivity index (χ2n) is 2.95. The van der Waals surface area contributed by atoms with Crippen LogP contribution >= 0.6 is 0 Å². The second kappa shape index (κ2) is 2.55. The number of aliphatic imine (C=N–C) groups is 1. The molecule has 0 atom stereocenters. The van der Waals surface area contributed by atoms with Crippen LogP contribution in [0.25, 0.3) is 0 Å². The van der Waals surface area contributed by atoms with Crippen LogP contribution in [0.15, 0.2) is 21.7 Å². The maximum absolute atomic E-state index is 5.66. The molecule has 0 amide bonds. The van der Waals surface area contributed by atoms with E-state index < -0.39 is 0 Å². The van der Waals surface area contributed by atoms with Crippen LogP contribution in [0.1, 0.15) is 18.6 Å². The Morgan fingerprint density at radius 1 is 1.58 bits per heavy atom. The van der Waals surface area contributed by atoms with Gasteiger partial charge in [-0.2, -0.15) is 0 Å². The lowest BCUT2D eigenvalue weighted by molar-refractivity contribution is 0.557. The van der Waals surface area contributed by atoms with Crippen LogP contribution in [0.4, 0.5) is 5.69 Å². The summed E-state index contributed by atoms with van der Waals surface area (Å²) in [5, 5.41) is 0. The third-order valence-corrected chi connectivity index (χ3v) is 1.80. The SMILES string of the molecule is NC(=NC1CC1)c1occc1N. The Kier molecular flexibility index (Phi) is 1.53. The summed E-state index contributed by atoms with van der Waals surface area (Å²) in [6, 6.07) is 2.07. The van der Waals surface area contributed by atoms with Gasteiger partial charge in [-0.05, 0) is 12.8 Å². The Hall–Kier alpha value is -1.45. The molecule has 0 bridgehead atoms. The highest BCUT2D eigenvalue weighted by Crippen LogP contribution is 2.24. The number of nitrogens with zero attached hydrogens (tertiary/aromatic N) is 1. The summed E-state index contributed by atoms with van der Waals surface area (Å²) in [6.07, 6.45) is 3.77. The highest BCUT2D eigenvalue weighted by atomic mass is 16.3. The molecule has 1 aliphatic carbocycles. The molecule has 1 aliphatic rings. The number of nitrogen functional groups attached to an aromatic ring is 1. The zero-order valence-electron chi connectivity index (χ0n) is 6.66. The van der Waals surface area contributed by atoms with Crippen LogP contribution in [0.5, 0.6) is 0 Å². The minimum absolute atomic E-state index is 0.398. The van der Waals surface area contributed by atoms with Crippen molar-refractivity contribution in [2.24, 2.45) is 10.7 Å². The largest absolute Gasteiger partial charge is 0.459 e. The van der Waals surface area contributed by atoms with E-state index in [1.807, 2.05) is 0 Å². The van der Waals surface area contributed by atoms with Gasteiger partial charge in [0, 0.05) is 6.07 Å². The molecule has 64 valence electrons. The molecule has 0 aromatic carbocycles. The van der Waals surface area contributed by atoms with E-state index in [4.69, 9.17) is 15.9 Å². The number of nitrogens with two attached hydrogens (primary N) is 2. The van der Waals surface area contributed by atoms with Gasteiger partial charge in [0.1, 0.15) is 0 Å². The van der Waals surface area contributed by atoms with Gasteiger partial charge in [0.15, 0.2) is 11.6 Å². The van der Waals surface area contributed by atoms with Crippen molar-refractivity contribution in [2.75, 3.05) is 5.73 Å². The van der Waals surface area contributed by atoms with Gasteiger partial charge in [-0.15, -0.1) is 0 Å². The fraction of sp³-hybridized carbons (Fsp3) is 0.375. The molecule has 2 rings (SSSR count). The number of furan rings is 1. The third kappa shape index (κ3) is 1.28. The van der Waals surface area contributed by atoms with Crippen molar-refractivity contribution in [1.29, 1.82) is 0 Å². The molecule has 12 heavy (non-hydrogen) atoms. The summed E-state index contributed by atoms with van der Waals surface area (Å²) >= 11 is 0. The van der Waals surface area contributed by atoms with Crippen LogP contribution in [0, 0.1) is 0 Å². The maximum atomic E-state index is 5.66. The average molecular weight is 165 g/mol. The van der Waals surface area contributed by atoms with Crippen LogP contribution in [0.3, 0.4) is 0 Å². The quantitative estimate of drug-likeness (QED) is 0.501. The molecule has 4 N–H and O–H groups in total. The Morgan fingerprint density at radius 2 is 2.33 bits per heavy atom. The molecule has 0 spiro atoms. The highest BCUT2D eigenvalue weighted by molar-refractivity contribution is 5.99. The van der Waals surface area contributed by atoms with Crippen molar-refractivity contribution < 1.29 is 4.42 Å². The van der Waals surface area contributed by atoms with E-state index in [2.05, 4.69) is 4.99 Å². The maximum Gasteiger partial charge on any atom is 0.191 e. The number of hydrogen-bond acceptors (Lipinski definition) is 3. The van der Waals surface area contributed by atoms with Gasteiger partial charge in [-0.3, -0.25) is 4.99 Å². The zero-order valence-corrected chi connectivity index (χ0v) is 6.66. The normalized spacial score (nSPS) is 18.2. The summed E-state index contributed by atoms with van der Waals surface area (Å²) in [6.45, 7) is 0. The van der Waals surface area contributed by atoms with Gasteiger partial charge in [0.25, 0.3) is 0 Å². The van der Waals surface area contributed by atoms with Crippen LogP contribution in [0.2, 0.25) is 0 Å². The first-order chi connectivity index (χ1) is 5.77. The second-order valence-corrected chi connectivity index (χ2v) is 2.95. The average Bonchev–Trinajstić information content (AvgIpc) is 2.72. The van der Waals surface area contributed by atoms with Crippen molar-refractivity contribution in [1.82, 2.24) is 0 Å². The molecule has 0 aliphatic heterocycles. The van der Waals surface area contributed by atoms with Crippen LogP contribution < -0.4 is 11.5 Å². The molecule has 1 aromatic rings. The summed E-state index contributed by atoms with van der Waals surface area (Å²) in [5.74, 6) is 0.918. The lowest BCUT2D eigenvalue weighted by Crippen LogP contribution is -2.14. The highest BCUT2D eigenvalue weighted by Gasteiger charge is 2.21. The number of anilines is 1. The van der Waals surface area contributed by atoms with E-state index >= 15 is 0 Å². The Morgan fingerprint density at radius 3 is 2.83 bits per heavy atom. The van der Waals surface area contributed by atoms with Crippen molar-refractivity contribution >= 4 is 11.5 Å². The molecule has 4 nitrogen and oxygen atoms in total. The van der Waals surface area contributed by atoms with Crippen LogP contribution in [-0.4, -0.2) is 11.9 Å². The molecule has 4 heteroatoms. The van der Waals surface area contributed by atoms with Crippen molar-refractivity contribution in [3.63, 3.8) is 0 Å². The first-order valence-electron chi connectivity index (χ1n) is 3.94. The molecule has 1 saturated carbocycles. The van der Waals surface area contributed by atoms with Crippen LogP contribution in [-0.2, 0) is 0 Å². The van der Waals surface area contributed by atoms with Crippen molar-refractivity contribution in [2.45, 2.75) is 18.9 Å².